The molecule has 2 aliphatic rings. The first-order valence-corrected chi connectivity index (χ1v) is 12.4. The monoisotopic (exact) mass is 526 g/mol. The van der Waals surface area contributed by atoms with Gasteiger partial charge in [-0.25, -0.2) is 0 Å². The first kappa shape index (κ1) is 24.9. The van der Waals surface area contributed by atoms with E-state index >= 15 is 0 Å². The number of nitrogens with zero attached hydrogens (tertiary/aromatic N) is 1. The van der Waals surface area contributed by atoms with Crippen LogP contribution in [0.2, 0.25) is 10.0 Å². The third-order valence-corrected chi connectivity index (χ3v) is 7.38. The first-order chi connectivity index (χ1) is 16.4. The summed E-state index contributed by atoms with van der Waals surface area (Å²) in [6.07, 6.45) is 6.12. The fraction of sp³-hybridized carbons (Fsp3) is 0.458. The maximum atomic E-state index is 13.4. The molecule has 10 heteroatoms. The van der Waals surface area contributed by atoms with Crippen molar-refractivity contribution in [3.8, 4) is 5.75 Å². The van der Waals surface area contributed by atoms with Gasteiger partial charge in [0, 0.05) is 18.0 Å². The summed E-state index contributed by atoms with van der Waals surface area (Å²) in [4.78, 5) is 40.6. The van der Waals surface area contributed by atoms with Crippen molar-refractivity contribution in [1.82, 2.24) is 10.2 Å². The van der Waals surface area contributed by atoms with Gasteiger partial charge in [-0.1, -0.05) is 29.6 Å². The minimum absolute atomic E-state index is 0.0451. The zero-order valence-corrected chi connectivity index (χ0v) is 20.6. The van der Waals surface area contributed by atoms with Crippen molar-refractivity contribution in [1.29, 1.82) is 0 Å². The lowest BCUT2D eigenvalue weighted by atomic mass is 9.93. The molecule has 182 valence electrons. The molecule has 1 unspecified atom stereocenters. The third kappa shape index (κ3) is 5.53. The molecule has 0 spiro atoms. The number of halogens is 3. The lowest BCUT2D eigenvalue weighted by molar-refractivity contribution is -0.141. The lowest BCUT2D eigenvalue weighted by Crippen LogP contribution is -2.54. The number of hydrogen-bond acceptors (Lipinski definition) is 5. The molecule has 2 amide bonds. The van der Waals surface area contributed by atoms with Gasteiger partial charge in [0.25, 0.3) is 5.91 Å². The summed E-state index contributed by atoms with van der Waals surface area (Å²) < 4.78 is 10.7. The Morgan fingerprint density at radius 2 is 2.03 bits per heavy atom. The molecule has 1 aromatic carbocycles. The van der Waals surface area contributed by atoms with Crippen LogP contribution in [0.25, 0.3) is 0 Å². The highest BCUT2D eigenvalue weighted by Gasteiger charge is 2.49. The van der Waals surface area contributed by atoms with Crippen LogP contribution in [0, 0.1) is 11.8 Å². The van der Waals surface area contributed by atoms with E-state index in [1.807, 2.05) is 0 Å². The maximum absolute atomic E-state index is 13.4. The molecule has 7 nitrogen and oxygen atoms in total. The van der Waals surface area contributed by atoms with Crippen molar-refractivity contribution in [3.63, 3.8) is 0 Å². The quantitative estimate of drug-likeness (QED) is 0.496. The summed E-state index contributed by atoms with van der Waals surface area (Å²) in [5, 5.41) is 3.61. The molecule has 2 fully saturated rings. The van der Waals surface area contributed by atoms with Gasteiger partial charge in [0.15, 0.2) is 12.4 Å². The first-order valence-electron chi connectivity index (χ1n) is 11.1. The van der Waals surface area contributed by atoms with E-state index in [9.17, 15) is 14.4 Å². The number of ketones is 1. The molecule has 0 bridgehead atoms. The van der Waals surface area contributed by atoms with Gasteiger partial charge in [-0.3, -0.25) is 14.4 Å². The van der Waals surface area contributed by atoms with Gasteiger partial charge in [0.05, 0.1) is 29.5 Å². The van der Waals surface area contributed by atoms with Crippen LogP contribution in [-0.4, -0.2) is 53.6 Å². The van der Waals surface area contributed by atoms with Crippen LogP contribution >= 0.6 is 34.8 Å². The fourth-order valence-electron chi connectivity index (χ4n) is 4.95. The molecule has 1 aromatic heterocycles. The summed E-state index contributed by atoms with van der Waals surface area (Å²) in [5.74, 6) is -0.547. The Balaban J connectivity index is 1.47. The van der Waals surface area contributed by atoms with Gasteiger partial charge < -0.3 is 19.4 Å². The number of benzene rings is 1. The zero-order valence-electron chi connectivity index (χ0n) is 18.3. The van der Waals surface area contributed by atoms with Crippen LogP contribution in [0.4, 0.5) is 0 Å². The molecular formula is C24H25Cl3N2O5. The summed E-state index contributed by atoms with van der Waals surface area (Å²) >= 11 is 17.8. The Kier molecular flexibility index (Phi) is 8.06. The van der Waals surface area contributed by atoms with Crippen LogP contribution in [-0.2, 0) is 20.8 Å². The van der Waals surface area contributed by atoms with E-state index in [4.69, 9.17) is 44.0 Å². The van der Waals surface area contributed by atoms with Gasteiger partial charge in [0.2, 0.25) is 5.91 Å². The number of fused-ring (bicyclic) bond motifs is 1. The number of carbonyl (C=O) groups is 3. The number of hydrogen-bond donors (Lipinski definition) is 1. The van der Waals surface area contributed by atoms with E-state index in [-0.39, 0.29) is 48.3 Å². The molecule has 34 heavy (non-hydrogen) atoms. The molecule has 1 saturated carbocycles. The second-order valence-electron chi connectivity index (χ2n) is 8.71. The number of ether oxygens (including phenoxy) is 1. The number of carbonyl (C=O) groups excluding carboxylic acids is 3. The standard InChI is InChI=1S/C24H25Cl3N2O5/c25-10-20(30)19(8-14-6-7-33-12-14)28-24(32)23-17-3-1-2-15(17)11-29(23)22(31)13-34-21-5-4-16(26)9-18(21)27/h4-7,9,12,15,17,19,23H,1-3,8,10-11,13H2,(H,28,32)/t15-,17-,19?,23-/m0/s1. The minimum atomic E-state index is -0.802. The van der Waals surface area contributed by atoms with Crippen molar-refractivity contribution in [2.24, 2.45) is 11.8 Å². The van der Waals surface area contributed by atoms with Gasteiger partial charge in [0.1, 0.15) is 11.8 Å². The molecule has 1 aliphatic carbocycles. The number of furan rings is 1. The third-order valence-electron chi connectivity index (χ3n) is 6.58. The number of nitrogens with one attached hydrogen (secondary N) is 1. The minimum Gasteiger partial charge on any atom is -0.482 e. The van der Waals surface area contributed by atoms with E-state index in [0.29, 0.717) is 22.3 Å². The average Bonchev–Trinajstić information content (AvgIpc) is 3.54. The Labute approximate surface area is 212 Å². The van der Waals surface area contributed by atoms with Crippen LogP contribution in [0.1, 0.15) is 24.8 Å². The van der Waals surface area contributed by atoms with Crippen molar-refractivity contribution in [2.75, 3.05) is 19.0 Å². The Morgan fingerprint density at radius 3 is 2.74 bits per heavy atom. The van der Waals surface area contributed by atoms with Crippen LogP contribution in [0.5, 0.6) is 5.75 Å². The van der Waals surface area contributed by atoms with Gasteiger partial charge in [-0.05, 0) is 54.5 Å². The highest BCUT2D eigenvalue weighted by molar-refractivity contribution is 6.35. The number of rotatable bonds is 9. The second kappa shape index (κ2) is 11.0. The molecule has 1 aliphatic heterocycles. The highest BCUT2D eigenvalue weighted by Crippen LogP contribution is 2.42. The zero-order chi connectivity index (χ0) is 24.2. The molecule has 2 aromatic rings. The summed E-state index contributed by atoms with van der Waals surface area (Å²) in [6, 6.07) is 5.02. The topological polar surface area (TPSA) is 88.9 Å². The Bertz CT molecular complexity index is 1050. The molecule has 4 atom stereocenters. The molecule has 4 rings (SSSR count). The van der Waals surface area contributed by atoms with Crippen molar-refractivity contribution >= 4 is 52.4 Å². The normalized spacial score (nSPS) is 22.3. The van der Waals surface area contributed by atoms with E-state index in [1.54, 1.807) is 23.1 Å². The Morgan fingerprint density at radius 1 is 1.21 bits per heavy atom. The van der Waals surface area contributed by atoms with E-state index in [1.165, 1.54) is 18.6 Å². The maximum Gasteiger partial charge on any atom is 0.261 e. The largest absolute Gasteiger partial charge is 0.482 e. The van der Waals surface area contributed by atoms with Gasteiger partial charge in [-0.2, -0.15) is 0 Å². The van der Waals surface area contributed by atoms with Gasteiger partial charge >= 0.3 is 0 Å². The second-order valence-corrected chi connectivity index (χ2v) is 9.82. The van der Waals surface area contributed by atoms with Crippen molar-refractivity contribution in [3.05, 3.63) is 52.4 Å². The summed E-state index contributed by atoms with van der Waals surface area (Å²) in [7, 11) is 0. The number of Topliss-reactive ketones (excluding diaryl/α,β-unsaturated/α-hetero) is 1. The summed E-state index contributed by atoms with van der Waals surface area (Å²) in [6.45, 7) is 0.221. The van der Waals surface area contributed by atoms with E-state index in [2.05, 4.69) is 5.32 Å². The van der Waals surface area contributed by atoms with Gasteiger partial charge in [-0.15, -0.1) is 11.6 Å². The molecule has 1 N–H and O–H groups in total. The molecule has 1 saturated heterocycles. The number of amides is 2. The van der Waals surface area contributed by atoms with Crippen molar-refractivity contribution in [2.45, 2.75) is 37.8 Å². The predicted octanol–water partition coefficient (Wildman–Crippen LogP) is 4.13. The smallest absolute Gasteiger partial charge is 0.261 e. The number of likely N-dealkylation sites (tertiary alicyclic amines) is 1. The average molecular weight is 528 g/mol. The Hall–Kier alpha value is -2.22. The highest BCUT2D eigenvalue weighted by atomic mass is 35.5. The SMILES string of the molecule is O=C(CCl)C(Cc1ccoc1)NC(=O)[C@@H]1[C@H]2CCC[C@H]2CN1C(=O)COc1ccc(Cl)cc1Cl. The fourth-order valence-corrected chi connectivity index (χ4v) is 5.60. The van der Waals surface area contributed by atoms with E-state index in [0.717, 1.165) is 24.8 Å². The predicted molar refractivity (Wildman–Crippen MR) is 128 cm³/mol. The molecule has 0 radical (unpaired) electrons. The van der Waals surface area contributed by atoms with Crippen molar-refractivity contribution < 1.29 is 23.5 Å². The molecule has 2 heterocycles. The van der Waals surface area contributed by atoms with Crippen LogP contribution in [0.15, 0.2) is 41.2 Å². The van der Waals surface area contributed by atoms with Crippen LogP contribution in [0.3, 0.4) is 0 Å². The molecular weight excluding hydrogens is 503 g/mol. The lowest BCUT2D eigenvalue weighted by Gasteiger charge is -2.28. The van der Waals surface area contributed by atoms with Crippen LogP contribution < -0.4 is 10.1 Å². The number of alkyl halides is 1. The summed E-state index contributed by atoms with van der Waals surface area (Å²) in [5.41, 5.74) is 0.773. The van der Waals surface area contributed by atoms with E-state index < -0.39 is 12.1 Å².